The fourth-order valence-corrected chi connectivity index (χ4v) is 2.70. The smallest absolute Gasteiger partial charge is 0.226 e. The fourth-order valence-electron chi connectivity index (χ4n) is 2.70. The predicted octanol–water partition coefficient (Wildman–Crippen LogP) is 3.26. The van der Waals surface area contributed by atoms with Crippen LogP contribution in [0.2, 0.25) is 0 Å². The fraction of sp³-hybridized carbons (Fsp3) is 0.217. The maximum atomic E-state index is 5.56. The van der Waals surface area contributed by atoms with Crippen LogP contribution in [-0.2, 0) is 13.0 Å². The number of hydrogen-bond donors (Lipinski definition) is 2. The first-order chi connectivity index (χ1) is 14.3. The molecular formula is C23H24N4O2. The van der Waals surface area contributed by atoms with Crippen LogP contribution in [0.5, 0.6) is 5.75 Å². The van der Waals surface area contributed by atoms with Gasteiger partial charge in [-0.1, -0.05) is 36.3 Å². The second-order valence-electron chi connectivity index (χ2n) is 6.25. The van der Waals surface area contributed by atoms with E-state index in [9.17, 15) is 0 Å². The number of hydrogen-bond acceptors (Lipinski definition) is 4. The molecule has 0 bridgehead atoms. The Balaban J connectivity index is 1.43. The summed E-state index contributed by atoms with van der Waals surface area (Å²) in [6, 6.07) is 17.7. The van der Waals surface area contributed by atoms with Crippen LogP contribution in [0, 0.1) is 12.3 Å². The largest absolute Gasteiger partial charge is 0.481 e. The third-order valence-corrected chi connectivity index (χ3v) is 4.18. The lowest BCUT2D eigenvalue weighted by molar-refractivity contribution is 0.370. The number of nitrogens with one attached hydrogen (secondary N) is 2. The third-order valence-electron chi connectivity index (χ3n) is 4.18. The molecule has 1 heterocycles. The Hall–Kier alpha value is -3.72. The number of aliphatic imine (C=N–C) groups is 1. The van der Waals surface area contributed by atoms with Crippen molar-refractivity contribution in [1.29, 1.82) is 0 Å². The van der Waals surface area contributed by atoms with Gasteiger partial charge < -0.3 is 19.8 Å². The van der Waals surface area contributed by atoms with Gasteiger partial charge in [0, 0.05) is 19.2 Å². The van der Waals surface area contributed by atoms with E-state index in [1.807, 2.05) is 54.6 Å². The number of nitrogens with zero attached hydrogens (tertiary/aromatic N) is 2. The second kappa shape index (κ2) is 10.6. The SMILES string of the molecule is C#CCOc1ccc(CCNC(=NC)NCc2coc(-c3ccccc3)n2)cc1. The summed E-state index contributed by atoms with van der Waals surface area (Å²) in [5.74, 6) is 4.55. The molecule has 6 heteroatoms. The zero-order valence-corrected chi connectivity index (χ0v) is 16.4. The summed E-state index contributed by atoms with van der Waals surface area (Å²) in [4.78, 5) is 8.75. The van der Waals surface area contributed by atoms with E-state index < -0.39 is 0 Å². The molecule has 2 N–H and O–H groups in total. The lowest BCUT2D eigenvalue weighted by Crippen LogP contribution is -2.37. The summed E-state index contributed by atoms with van der Waals surface area (Å²) in [5, 5.41) is 6.54. The van der Waals surface area contributed by atoms with Crippen LogP contribution in [-0.4, -0.2) is 31.1 Å². The summed E-state index contributed by atoms with van der Waals surface area (Å²) < 4.78 is 10.9. The van der Waals surface area contributed by atoms with Crippen LogP contribution >= 0.6 is 0 Å². The van der Waals surface area contributed by atoms with Gasteiger partial charge in [0.1, 0.15) is 18.6 Å². The number of aromatic nitrogens is 1. The average molecular weight is 388 g/mol. The Morgan fingerprint density at radius 3 is 2.66 bits per heavy atom. The minimum absolute atomic E-state index is 0.279. The summed E-state index contributed by atoms with van der Waals surface area (Å²) in [7, 11) is 1.74. The van der Waals surface area contributed by atoms with Gasteiger partial charge in [0.15, 0.2) is 5.96 Å². The Morgan fingerprint density at radius 1 is 1.14 bits per heavy atom. The summed E-state index contributed by atoms with van der Waals surface area (Å²) in [5.41, 5.74) is 2.97. The van der Waals surface area contributed by atoms with E-state index in [1.165, 1.54) is 5.56 Å². The van der Waals surface area contributed by atoms with E-state index in [4.69, 9.17) is 15.6 Å². The molecule has 148 valence electrons. The van der Waals surface area contributed by atoms with E-state index in [2.05, 4.69) is 26.5 Å². The molecule has 0 radical (unpaired) electrons. The first-order valence-corrected chi connectivity index (χ1v) is 9.38. The van der Waals surface area contributed by atoms with Gasteiger partial charge in [-0.2, -0.15) is 0 Å². The molecule has 3 rings (SSSR count). The van der Waals surface area contributed by atoms with Crippen LogP contribution in [0.15, 0.2) is 70.3 Å². The third kappa shape index (κ3) is 6.15. The van der Waals surface area contributed by atoms with Gasteiger partial charge in [-0.05, 0) is 36.2 Å². The van der Waals surface area contributed by atoms with Crippen LogP contribution in [0.4, 0.5) is 0 Å². The van der Waals surface area contributed by atoms with Crippen molar-refractivity contribution in [3.05, 3.63) is 72.1 Å². The van der Waals surface area contributed by atoms with Gasteiger partial charge >= 0.3 is 0 Å². The molecular weight excluding hydrogens is 364 g/mol. The van der Waals surface area contributed by atoms with Crippen LogP contribution in [0.25, 0.3) is 11.5 Å². The highest BCUT2D eigenvalue weighted by Gasteiger charge is 2.07. The Labute approximate surface area is 171 Å². The monoisotopic (exact) mass is 388 g/mol. The molecule has 0 aliphatic carbocycles. The number of benzene rings is 2. The van der Waals surface area contributed by atoms with E-state index in [1.54, 1.807) is 13.3 Å². The maximum absolute atomic E-state index is 5.56. The highest BCUT2D eigenvalue weighted by Crippen LogP contribution is 2.17. The van der Waals surface area contributed by atoms with Crippen LogP contribution < -0.4 is 15.4 Å². The van der Waals surface area contributed by atoms with Gasteiger partial charge in [-0.25, -0.2) is 4.98 Å². The molecule has 1 aromatic heterocycles. The molecule has 2 aromatic carbocycles. The van der Waals surface area contributed by atoms with Crippen molar-refractivity contribution in [3.63, 3.8) is 0 Å². The van der Waals surface area contributed by atoms with Gasteiger partial charge in [-0.15, -0.1) is 6.42 Å². The molecule has 0 saturated heterocycles. The van der Waals surface area contributed by atoms with Crippen molar-refractivity contribution in [2.24, 2.45) is 4.99 Å². The highest BCUT2D eigenvalue weighted by atomic mass is 16.5. The zero-order valence-electron chi connectivity index (χ0n) is 16.4. The number of terminal acetylenes is 1. The van der Waals surface area contributed by atoms with Gasteiger partial charge in [0.05, 0.1) is 12.2 Å². The summed E-state index contributed by atoms with van der Waals surface area (Å²) in [6.07, 6.45) is 7.71. The first-order valence-electron chi connectivity index (χ1n) is 9.38. The number of oxazole rings is 1. The molecule has 0 spiro atoms. The van der Waals surface area contributed by atoms with E-state index in [0.717, 1.165) is 30.0 Å². The van der Waals surface area contributed by atoms with Crippen molar-refractivity contribution >= 4 is 5.96 Å². The molecule has 0 unspecified atom stereocenters. The maximum Gasteiger partial charge on any atom is 0.226 e. The van der Waals surface area contributed by atoms with E-state index in [-0.39, 0.29) is 6.61 Å². The van der Waals surface area contributed by atoms with E-state index in [0.29, 0.717) is 18.4 Å². The molecule has 29 heavy (non-hydrogen) atoms. The summed E-state index contributed by atoms with van der Waals surface area (Å²) in [6.45, 7) is 1.55. The molecule has 0 amide bonds. The van der Waals surface area contributed by atoms with Gasteiger partial charge in [0.25, 0.3) is 0 Å². The zero-order chi connectivity index (χ0) is 20.3. The molecule has 0 aliphatic heterocycles. The highest BCUT2D eigenvalue weighted by molar-refractivity contribution is 5.79. The molecule has 0 aliphatic rings. The Bertz CT molecular complexity index is 957. The van der Waals surface area contributed by atoms with Crippen molar-refractivity contribution in [1.82, 2.24) is 15.6 Å². The molecule has 0 atom stereocenters. The minimum Gasteiger partial charge on any atom is -0.481 e. The quantitative estimate of drug-likeness (QED) is 0.352. The average Bonchev–Trinajstić information content (AvgIpc) is 3.25. The van der Waals surface area contributed by atoms with E-state index >= 15 is 0 Å². The topological polar surface area (TPSA) is 71.7 Å². The Kier molecular flexibility index (Phi) is 7.30. The van der Waals surface area contributed by atoms with Crippen molar-refractivity contribution in [2.45, 2.75) is 13.0 Å². The lowest BCUT2D eigenvalue weighted by Gasteiger charge is -2.11. The standard InChI is InChI=1S/C23H24N4O2/c1-3-15-28-21-11-9-18(10-12-21)13-14-25-23(24-2)26-16-20-17-29-22(27-20)19-7-5-4-6-8-19/h1,4-12,17H,13-16H2,2H3,(H2,24,25,26). The van der Waals surface area contributed by atoms with Crippen molar-refractivity contribution in [2.75, 3.05) is 20.2 Å². The number of rotatable bonds is 8. The van der Waals surface area contributed by atoms with Crippen molar-refractivity contribution < 1.29 is 9.15 Å². The van der Waals surface area contributed by atoms with Crippen molar-refractivity contribution in [3.8, 4) is 29.5 Å². The first kappa shape index (κ1) is 20.0. The predicted molar refractivity (Wildman–Crippen MR) is 115 cm³/mol. The number of guanidine groups is 1. The van der Waals surface area contributed by atoms with Crippen LogP contribution in [0.1, 0.15) is 11.3 Å². The molecule has 0 fully saturated rings. The normalized spacial score (nSPS) is 11.0. The lowest BCUT2D eigenvalue weighted by atomic mass is 10.1. The molecule has 0 saturated carbocycles. The van der Waals surface area contributed by atoms with Gasteiger partial charge in [0.2, 0.25) is 5.89 Å². The van der Waals surface area contributed by atoms with Crippen LogP contribution in [0.3, 0.4) is 0 Å². The summed E-state index contributed by atoms with van der Waals surface area (Å²) >= 11 is 0. The number of ether oxygens (including phenoxy) is 1. The second-order valence-corrected chi connectivity index (χ2v) is 6.25. The van der Waals surface area contributed by atoms with Gasteiger partial charge in [-0.3, -0.25) is 4.99 Å². The molecule has 3 aromatic rings. The minimum atomic E-state index is 0.279. The Morgan fingerprint density at radius 2 is 1.93 bits per heavy atom. The molecule has 6 nitrogen and oxygen atoms in total.